The van der Waals surface area contributed by atoms with E-state index in [0.29, 0.717) is 54.8 Å². The van der Waals surface area contributed by atoms with Gasteiger partial charge in [0.15, 0.2) is 17.3 Å². The lowest BCUT2D eigenvalue weighted by Crippen LogP contribution is -2.41. The number of aromatic nitrogens is 4. The summed E-state index contributed by atoms with van der Waals surface area (Å²) in [7, 11) is 0. The molecule has 6 rings (SSSR count). The van der Waals surface area contributed by atoms with Gasteiger partial charge in [0.05, 0.1) is 18.8 Å². The summed E-state index contributed by atoms with van der Waals surface area (Å²) in [6, 6.07) is 1.23. The quantitative estimate of drug-likeness (QED) is 0.455. The number of halogens is 3. The van der Waals surface area contributed by atoms with Gasteiger partial charge in [0.1, 0.15) is 17.0 Å². The number of nitrogens with one attached hydrogen (secondary N) is 2. The van der Waals surface area contributed by atoms with E-state index in [2.05, 4.69) is 20.6 Å². The number of carbonyl (C=O) groups is 1. The first-order chi connectivity index (χ1) is 19.0. The van der Waals surface area contributed by atoms with Crippen molar-refractivity contribution in [3.05, 3.63) is 35.8 Å². The maximum absolute atomic E-state index is 14.4. The van der Waals surface area contributed by atoms with E-state index in [0.717, 1.165) is 51.6 Å². The average Bonchev–Trinajstić information content (AvgIpc) is 3.58. The SMILES string of the molecule is O=C(C1CCC(Nc2ncc3nc(Nc4c(F)cc(F)cc4F)n(C4CCOC4)c3n2)CC1)N1CCCCC1. The van der Waals surface area contributed by atoms with Gasteiger partial charge < -0.3 is 20.3 Å². The predicted molar refractivity (Wildman–Crippen MR) is 139 cm³/mol. The summed E-state index contributed by atoms with van der Waals surface area (Å²) < 4.78 is 49.6. The highest BCUT2D eigenvalue weighted by Gasteiger charge is 2.31. The molecule has 1 aliphatic carbocycles. The average molecular weight is 544 g/mol. The molecule has 0 spiro atoms. The van der Waals surface area contributed by atoms with Crippen LogP contribution in [-0.4, -0.2) is 62.7 Å². The number of carbonyl (C=O) groups excluding carboxylic acids is 1. The molecule has 2 aliphatic heterocycles. The van der Waals surface area contributed by atoms with Gasteiger partial charge in [-0.3, -0.25) is 9.36 Å². The number of nitrogens with zero attached hydrogens (tertiary/aromatic N) is 5. The van der Waals surface area contributed by atoms with Crippen LogP contribution in [0.25, 0.3) is 11.2 Å². The molecule has 1 amide bonds. The highest BCUT2D eigenvalue weighted by atomic mass is 19.1. The maximum Gasteiger partial charge on any atom is 0.225 e. The number of benzene rings is 1. The van der Waals surface area contributed by atoms with Crippen LogP contribution in [0, 0.1) is 23.4 Å². The monoisotopic (exact) mass is 543 g/mol. The zero-order valence-electron chi connectivity index (χ0n) is 21.6. The molecule has 1 unspecified atom stereocenters. The number of hydrogen-bond donors (Lipinski definition) is 2. The fourth-order valence-corrected chi connectivity index (χ4v) is 5.93. The van der Waals surface area contributed by atoms with E-state index in [1.165, 1.54) is 6.42 Å². The molecule has 39 heavy (non-hydrogen) atoms. The highest BCUT2D eigenvalue weighted by Crippen LogP contribution is 2.33. The summed E-state index contributed by atoms with van der Waals surface area (Å²) >= 11 is 0. The van der Waals surface area contributed by atoms with E-state index in [1.54, 1.807) is 10.8 Å². The second-order valence-electron chi connectivity index (χ2n) is 10.7. The fourth-order valence-electron chi connectivity index (χ4n) is 5.93. The van der Waals surface area contributed by atoms with Crippen LogP contribution in [0.2, 0.25) is 0 Å². The molecule has 3 fully saturated rings. The van der Waals surface area contributed by atoms with Crippen molar-refractivity contribution in [1.82, 2.24) is 24.4 Å². The highest BCUT2D eigenvalue weighted by molar-refractivity contribution is 5.79. The Bertz CT molecular complexity index is 1320. The van der Waals surface area contributed by atoms with Gasteiger partial charge in [-0.1, -0.05) is 0 Å². The Balaban J connectivity index is 1.20. The zero-order chi connectivity index (χ0) is 26.9. The number of ether oxygens (including phenoxy) is 1. The summed E-state index contributed by atoms with van der Waals surface area (Å²) in [4.78, 5) is 28.6. The van der Waals surface area contributed by atoms with Crippen LogP contribution >= 0.6 is 0 Å². The minimum atomic E-state index is -1.06. The van der Waals surface area contributed by atoms with Crippen LogP contribution in [0.1, 0.15) is 57.4 Å². The molecule has 0 radical (unpaired) electrons. The molecule has 3 aromatic rings. The van der Waals surface area contributed by atoms with Gasteiger partial charge in [-0.15, -0.1) is 0 Å². The van der Waals surface area contributed by atoms with Crippen molar-refractivity contribution in [2.45, 2.75) is 63.5 Å². The minimum Gasteiger partial charge on any atom is -0.379 e. The molecule has 2 N–H and O–H groups in total. The number of anilines is 3. The maximum atomic E-state index is 14.4. The van der Waals surface area contributed by atoms with Crippen molar-refractivity contribution < 1.29 is 22.7 Å². The zero-order valence-corrected chi connectivity index (χ0v) is 21.6. The van der Waals surface area contributed by atoms with Gasteiger partial charge in [-0.25, -0.2) is 23.1 Å². The molecule has 3 aliphatic rings. The Morgan fingerprint density at radius 2 is 1.72 bits per heavy atom. The summed E-state index contributed by atoms with van der Waals surface area (Å²) in [6.07, 6.45) is 8.99. The molecule has 0 bridgehead atoms. The third-order valence-electron chi connectivity index (χ3n) is 8.02. The van der Waals surface area contributed by atoms with Crippen molar-refractivity contribution in [1.29, 1.82) is 0 Å². The van der Waals surface area contributed by atoms with Crippen LogP contribution in [0.3, 0.4) is 0 Å². The second-order valence-corrected chi connectivity index (χ2v) is 10.7. The molecule has 4 heterocycles. The van der Waals surface area contributed by atoms with E-state index in [-0.39, 0.29) is 23.9 Å². The van der Waals surface area contributed by atoms with Crippen molar-refractivity contribution in [3.8, 4) is 0 Å². The Morgan fingerprint density at radius 3 is 2.41 bits per heavy atom. The lowest BCUT2D eigenvalue weighted by Gasteiger charge is -2.34. The Morgan fingerprint density at radius 1 is 0.974 bits per heavy atom. The topological polar surface area (TPSA) is 97.2 Å². The number of amides is 1. The number of piperidine rings is 1. The van der Waals surface area contributed by atoms with Crippen LogP contribution in [0.5, 0.6) is 0 Å². The summed E-state index contributed by atoms with van der Waals surface area (Å²) in [5.41, 5.74) is 0.463. The number of rotatable bonds is 6. The molecule has 2 aromatic heterocycles. The predicted octanol–water partition coefficient (Wildman–Crippen LogP) is 4.93. The van der Waals surface area contributed by atoms with Crippen LogP contribution < -0.4 is 10.6 Å². The van der Waals surface area contributed by atoms with Gasteiger partial charge in [0, 0.05) is 43.8 Å². The second kappa shape index (κ2) is 11.0. The summed E-state index contributed by atoms with van der Waals surface area (Å²) in [5.74, 6) is -2.14. The lowest BCUT2D eigenvalue weighted by molar-refractivity contribution is -0.137. The minimum absolute atomic E-state index is 0.0780. The number of imidazole rings is 1. The van der Waals surface area contributed by atoms with Gasteiger partial charge in [-0.2, -0.15) is 4.98 Å². The van der Waals surface area contributed by atoms with Crippen LogP contribution in [0.4, 0.5) is 30.8 Å². The standard InChI is InChI=1S/C27H32F3N7O2/c28-17-12-20(29)23(21(30)13-17)34-27-33-22-14-31-26(35-24(22)37(27)19-8-11-39-15-19)32-18-6-4-16(5-7-18)25(38)36-9-2-1-3-10-36/h12-14,16,18-19H,1-11,15H2,(H,33,34)(H,31,32,35). The van der Waals surface area contributed by atoms with Crippen molar-refractivity contribution >= 4 is 34.7 Å². The molecule has 1 aromatic carbocycles. The van der Waals surface area contributed by atoms with Crippen LogP contribution in [0.15, 0.2) is 18.3 Å². The van der Waals surface area contributed by atoms with E-state index in [1.807, 2.05) is 4.90 Å². The third-order valence-corrected chi connectivity index (χ3v) is 8.02. The first-order valence-electron chi connectivity index (χ1n) is 13.8. The van der Waals surface area contributed by atoms with Crippen molar-refractivity contribution in [2.75, 3.05) is 36.9 Å². The first-order valence-corrected chi connectivity index (χ1v) is 13.8. The Hall–Kier alpha value is -3.41. The fraction of sp³-hybridized carbons (Fsp3) is 0.556. The molecule has 1 saturated carbocycles. The largest absolute Gasteiger partial charge is 0.379 e. The third kappa shape index (κ3) is 5.39. The van der Waals surface area contributed by atoms with Gasteiger partial charge >= 0.3 is 0 Å². The Labute approximate surface area is 224 Å². The smallest absolute Gasteiger partial charge is 0.225 e. The number of hydrogen-bond acceptors (Lipinski definition) is 7. The molecule has 9 nitrogen and oxygen atoms in total. The van der Waals surface area contributed by atoms with Crippen LogP contribution in [-0.2, 0) is 9.53 Å². The van der Waals surface area contributed by atoms with Crippen molar-refractivity contribution in [3.63, 3.8) is 0 Å². The molecule has 12 heteroatoms. The van der Waals surface area contributed by atoms with E-state index >= 15 is 0 Å². The molecule has 1 atom stereocenters. The van der Waals surface area contributed by atoms with E-state index in [9.17, 15) is 18.0 Å². The van der Waals surface area contributed by atoms with E-state index < -0.39 is 23.1 Å². The number of likely N-dealkylation sites (tertiary alicyclic amines) is 1. The molecular weight excluding hydrogens is 511 g/mol. The number of fused-ring (bicyclic) bond motifs is 1. The van der Waals surface area contributed by atoms with Gasteiger partial charge in [0.25, 0.3) is 0 Å². The van der Waals surface area contributed by atoms with E-state index in [4.69, 9.17) is 9.72 Å². The Kier molecular flexibility index (Phi) is 7.28. The summed E-state index contributed by atoms with van der Waals surface area (Å²) in [6.45, 7) is 2.69. The van der Waals surface area contributed by atoms with Crippen molar-refractivity contribution in [2.24, 2.45) is 5.92 Å². The molecular formula is C27H32F3N7O2. The normalized spacial score (nSPS) is 23.8. The van der Waals surface area contributed by atoms with Gasteiger partial charge in [-0.05, 0) is 51.4 Å². The molecule has 2 saturated heterocycles. The molecule has 208 valence electrons. The summed E-state index contributed by atoms with van der Waals surface area (Å²) in [5, 5.41) is 6.11. The van der Waals surface area contributed by atoms with Gasteiger partial charge in [0.2, 0.25) is 17.8 Å². The lowest BCUT2D eigenvalue weighted by atomic mass is 9.85. The first kappa shape index (κ1) is 25.8.